The smallest absolute Gasteiger partial charge is 0.243 e. The van der Waals surface area contributed by atoms with Gasteiger partial charge in [0.25, 0.3) is 0 Å². The number of ether oxygens (including phenoxy) is 3. The molecule has 3 aromatic rings. The lowest BCUT2D eigenvalue weighted by Crippen LogP contribution is -2.48. The predicted molar refractivity (Wildman–Crippen MR) is 128 cm³/mol. The molecule has 8 nitrogen and oxygen atoms in total. The van der Waals surface area contributed by atoms with E-state index in [1.54, 1.807) is 30.6 Å². The third-order valence-electron chi connectivity index (χ3n) is 5.59. The molecule has 2 aromatic carbocycles. The highest BCUT2D eigenvalue weighted by molar-refractivity contribution is 7.89. The molecule has 0 amide bonds. The minimum atomic E-state index is -3.62. The SMILES string of the molecule is COc1ccc(Cc2csc(N3CCN(S(=O)(=O)c4ccc(OC)c(OC)c4)CC3)n2)cc1. The maximum absolute atomic E-state index is 13.1. The van der Waals surface area contributed by atoms with Gasteiger partial charge in [-0.1, -0.05) is 12.1 Å². The number of piperazine rings is 1. The van der Waals surface area contributed by atoms with E-state index in [1.165, 1.54) is 30.2 Å². The molecule has 1 aromatic heterocycles. The fourth-order valence-corrected chi connectivity index (χ4v) is 6.04. The van der Waals surface area contributed by atoms with E-state index in [2.05, 4.69) is 10.3 Å². The van der Waals surface area contributed by atoms with Gasteiger partial charge in [0.1, 0.15) is 5.75 Å². The molecule has 0 bridgehead atoms. The first kappa shape index (κ1) is 23.3. The molecule has 0 unspecified atom stereocenters. The van der Waals surface area contributed by atoms with Crippen LogP contribution in [0.3, 0.4) is 0 Å². The van der Waals surface area contributed by atoms with Crippen molar-refractivity contribution in [1.29, 1.82) is 0 Å². The van der Waals surface area contributed by atoms with Gasteiger partial charge < -0.3 is 19.1 Å². The highest BCUT2D eigenvalue weighted by Gasteiger charge is 2.30. The molecule has 1 aliphatic heterocycles. The maximum atomic E-state index is 13.1. The molecule has 0 saturated carbocycles. The Balaban J connectivity index is 1.39. The van der Waals surface area contributed by atoms with E-state index in [1.807, 2.05) is 24.3 Å². The van der Waals surface area contributed by atoms with E-state index in [9.17, 15) is 8.42 Å². The topological polar surface area (TPSA) is 81.2 Å². The van der Waals surface area contributed by atoms with Crippen LogP contribution in [0.25, 0.3) is 0 Å². The van der Waals surface area contributed by atoms with Crippen molar-refractivity contribution in [3.05, 3.63) is 59.1 Å². The number of sulfonamides is 1. The van der Waals surface area contributed by atoms with Gasteiger partial charge in [0, 0.05) is 44.0 Å². The van der Waals surface area contributed by atoms with Crippen molar-refractivity contribution in [1.82, 2.24) is 9.29 Å². The highest BCUT2D eigenvalue weighted by Crippen LogP contribution is 2.31. The second kappa shape index (κ2) is 9.98. The molecule has 1 aliphatic rings. The average molecular weight is 490 g/mol. The van der Waals surface area contributed by atoms with Gasteiger partial charge in [-0.25, -0.2) is 13.4 Å². The van der Waals surface area contributed by atoms with Crippen LogP contribution >= 0.6 is 11.3 Å². The Hall–Kier alpha value is -2.82. The molecule has 0 atom stereocenters. The third kappa shape index (κ3) is 5.07. The lowest BCUT2D eigenvalue weighted by Gasteiger charge is -2.33. The van der Waals surface area contributed by atoms with Crippen molar-refractivity contribution in [3.8, 4) is 17.2 Å². The molecule has 10 heteroatoms. The number of hydrogen-bond acceptors (Lipinski definition) is 8. The van der Waals surface area contributed by atoms with E-state index in [4.69, 9.17) is 19.2 Å². The van der Waals surface area contributed by atoms with Gasteiger partial charge in [-0.05, 0) is 29.8 Å². The molecule has 1 fully saturated rings. The van der Waals surface area contributed by atoms with Crippen molar-refractivity contribution < 1.29 is 22.6 Å². The lowest BCUT2D eigenvalue weighted by atomic mass is 10.1. The van der Waals surface area contributed by atoms with Crippen molar-refractivity contribution in [3.63, 3.8) is 0 Å². The monoisotopic (exact) mass is 489 g/mol. The number of anilines is 1. The van der Waals surface area contributed by atoms with E-state index in [-0.39, 0.29) is 4.90 Å². The Morgan fingerprint density at radius 3 is 2.24 bits per heavy atom. The zero-order valence-corrected chi connectivity index (χ0v) is 20.5. The van der Waals surface area contributed by atoms with Crippen molar-refractivity contribution >= 4 is 26.5 Å². The van der Waals surface area contributed by atoms with Crippen LogP contribution in [0, 0.1) is 0 Å². The van der Waals surface area contributed by atoms with Gasteiger partial charge in [0.05, 0.1) is 31.9 Å². The van der Waals surface area contributed by atoms with Gasteiger partial charge in [-0.2, -0.15) is 4.31 Å². The molecule has 33 heavy (non-hydrogen) atoms. The van der Waals surface area contributed by atoms with Crippen LogP contribution in [-0.4, -0.2) is 65.2 Å². The van der Waals surface area contributed by atoms with Crippen LogP contribution in [0.2, 0.25) is 0 Å². The number of methoxy groups -OCH3 is 3. The first-order valence-corrected chi connectivity index (χ1v) is 12.8. The first-order valence-electron chi connectivity index (χ1n) is 10.5. The van der Waals surface area contributed by atoms with E-state index in [0.29, 0.717) is 37.7 Å². The Labute approximate surface area is 198 Å². The highest BCUT2D eigenvalue weighted by atomic mass is 32.2. The van der Waals surface area contributed by atoms with Gasteiger partial charge in [0.2, 0.25) is 10.0 Å². The largest absolute Gasteiger partial charge is 0.497 e. The van der Waals surface area contributed by atoms with Gasteiger partial charge in [0.15, 0.2) is 16.6 Å². The minimum Gasteiger partial charge on any atom is -0.497 e. The molecular formula is C23H27N3O5S2. The number of nitrogens with zero attached hydrogens (tertiary/aromatic N) is 3. The van der Waals surface area contributed by atoms with E-state index >= 15 is 0 Å². The van der Waals surface area contributed by atoms with E-state index in [0.717, 1.165) is 23.0 Å². The minimum absolute atomic E-state index is 0.199. The van der Waals surface area contributed by atoms with Crippen molar-refractivity contribution in [2.75, 3.05) is 52.4 Å². The molecule has 0 radical (unpaired) electrons. The Bertz CT molecular complexity index is 1190. The number of rotatable bonds is 8. The summed E-state index contributed by atoms with van der Waals surface area (Å²) in [7, 11) is 1.04. The van der Waals surface area contributed by atoms with Crippen LogP contribution in [0.15, 0.2) is 52.7 Å². The Morgan fingerprint density at radius 2 is 1.61 bits per heavy atom. The molecule has 176 valence electrons. The second-order valence-corrected chi connectivity index (χ2v) is 10.3. The summed E-state index contributed by atoms with van der Waals surface area (Å²) in [6.45, 7) is 1.96. The number of benzene rings is 2. The van der Waals surface area contributed by atoms with Crippen molar-refractivity contribution in [2.24, 2.45) is 0 Å². The molecule has 0 N–H and O–H groups in total. The van der Waals surface area contributed by atoms with Crippen LogP contribution in [-0.2, 0) is 16.4 Å². The lowest BCUT2D eigenvalue weighted by molar-refractivity contribution is 0.353. The quantitative estimate of drug-likeness (QED) is 0.480. The van der Waals surface area contributed by atoms with Crippen LogP contribution in [0.4, 0.5) is 5.13 Å². The summed E-state index contributed by atoms with van der Waals surface area (Å²) in [5.74, 6) is 1.72. The summed E-state index contributed by atoms with van der Waals surface area (Å²) < 4.78 is 43.5. The first-order chi connectivity index (χ1) is 15.9. The number of aromatic nitrogens is 1. The summed E-state index contributed by atoms with van der Waals surface area (Å²) in [5, 5.41) is 2.98. The van der Waals surface area contributed by atoms with Gasteiger partial charge in [-0.15, -0.1) is 11.3 Å². The fraction of sp³-hybridized carbons (Fsp3) is 0.348. The Kier molecular flexibility index (Phi) is 7.06. The van der Waals surface area contributed by atoms with Crippen LogP contribution < -0.4 is 19.1 Å². The van der Waals surface area contributed by atoms with Gasteiger partial charge >= 0.3 is 0 Å². The summed E-state index contributed by atoms with van der Waals surface area (Å²) in [4.78, 5) is 7.11. The molecule has 0 aliphatic carbocycles. The second-order valence-electron chi connectivity index (χ2n) is 7.55. The third-order valence-corrected chi connectivity index (χ3v) is 8.43. The standard InChI is InChI=1S/C23H27N3O5S2/c1-29-19-6-4-17(5-7-19)14-18-16-32-23(24-18)25-10-12-26(13-11-25)33(27,28)20-8-9-21(30-2)22(15-20)31-3/h4-9,15-16H,10-14H2,1-3H3. The molecule has 4 rings (SSSR count). The summed E-state index contributed by atoms with van der Waals surface area (Å²) in [6.07, 6.45) is 0.744. The summed E-state index contributed by atoms with van der Waals surface area (Å²) >= 11 is 1.59. The molecule has 0 spiro atoms. The average Bonchev–Trinajstić information content (AvgIpc) is 3.32. The number of thiazole rings is 1. The van der Waals surface area contributed by atoms with Gasteiger partial charge in [-0.3, -0.25) is 0 Å². The zero-order chi connectivity index (χ0) is 23.4. The van der Waals surface area contributed by atoms with Crippen molar-refractivity contribution in [2.45, 2.75) is 11.3 Å². The summed E-state index contributed by atoms with van der Waals surface area (Å²) in [6, 6.07) is 12.6. The normalized spacial score (nSPS) is 14.8. The van der Waals surface area contributed by atoms with E-state index < -0.39 is 10.0 Å². The maximum Gasteiger partial charge on any atom is 0.243 e. The Morgan fingerprint density at radius 1 is 0.909 bits per heavy atom. The van der Waals surface area contributed by atoms with Crippen LogP contribution in [0.5, 0.6) is 17.2 Å². The molecule has 1 saturated heterocycles. The molecular weight excluding hydrogens is 462 g/mol. The fourth-order valence-electron chi connectivity index (χ4n) is 3.72. The zero-order valence-electron chi connectivity index (χ0n) is 18.9. The predicted octanol–water partition coefficient (Wildman–Crippen LogP) is 3.27. The molecule has 2 heterocycles. The number of hydrogen-bond donors (Lipinski definition) is 0. The van der Waals surface area contributed by atoms with Crippen LogP contribution in [0.1, 0.15) is 11.3 Å². The summed E-state index contributed by atoms with van der Waals surface area (Å²) in [5.41, 5.74) is 2.17.